The van der Waals surface area contributed by atoms with Gasteiger partial charge in [0.2, 0.25) is 0 Å². The SMILES string of the molecule is Cl.NC1CCC2CN(C(=O)COc3ccc(Cl)cc3)CC12. The molecule has 1 aromatic rings. The molecular formula is C15H20Cl2N2O2. The molecule has 1 aromatic carbocycles. The van der Waals surface area contributed by atoms with E-state index in [0.717, 1.165) is 25.9 Å². The molecule has 1 saturated carbocycles. The summed E-state index contributed by atoms with van der Waals surface area (Å²) in [5.41, 5.74) is 6.08. The van der Waals surface area contributed by atoms with Crippen LogP contribution in [0.1, 0.15) is 12.8 Å². The van der Waals surface area contributed by atoms with Gasteiger partial charge in [0, 0.05) is 24.2 Å². The summed E-state index contributed by atoms with van der Waals surface area (Å²) in [6, 6.07) is 7.30. The second-order valence-electron chi connectivity index (χ2n) is 5.71. The number of fused-ring (bicyclic) bond motifs is 1. The molecule has 1 amide bonds. The summed E-state index contributed by atoms with van der Waals surface area (Å²) in [4.78, 5) is 14.1. The van der Waals surface area contributed by atoms with Crippen LogP contribution in [0.25, 0.3) is 0 Å². The van der Waals surface area contributed by atoms with Gasteiger partial charge in [0.05, 0.1) is 0 Å². The Morgan fingerprint density at radius 2 is 2.00 bits per heavy atom. The van der Waals surface area contributed by atoms with E-state index in [1.54, 1.807) is 24.3 Å². The number of hydrogen-bond donors (Lipinski definition) is 1. The molecule has 2 fully saturated rings. The standard InChI is InChI=1S/C15H19ClN2O2.ClH/c16-11-2-4-12(5-3-11)20-9-15(19)18-7-10-1-6-14(17)13(10)8-18;/h2-5,10,13-14H,1,6-9,17H2;1H. The minimum absolute atomic E-state index is 0. The maximum atomic E-state index is 12.2. The molecule has 1 aliphatic heterocycles. The number of hydrogen-bond acceptors (Lipinski definition) is 3. The van der Waals surface area contributed by atoms with Crippen molar-refractivity contribution in [1.29, 1.82) is 0 Å². The first-order chi connectivity index (χ1) is 9.63. The van der Waals surface area contributed by atoms with Crippen LogP contribution < -0.4 is 10.5 Å². The lowest BCUT2D eigenvalue weighted by molar-refractivity contribution is -0.132. The van der Waals surface area contributed by atoms with Crippen molar-refractivity contribution in [3.8, 4) is 5.75 Å². The third kappa shape index (κ3) is 3.62. The van der Waals surface area contributed by atoms with Crippen LogP contribution in [0.5, 0.6) is 5.75 Å². The van der Waals surface area contributed by atoms with Crippen LogP contribution in [-0.4, -0.2) is 36.5 Å². The Labute approximate surface area is 136 Å². The van der Waals surface area contributed by atoms with Crippen LogP contribution in [-0.2, 0) is 4.79 Å². The van der Waals surface area contributed by atoms with E-state index in [1.165, 1.54) is 0 Å². The Morgan fingerprint density at radius 3 is 2.67 bits per heavy atom. The van der Waals surface area contributed by atoms with Crippen LogP contribution in [0.2, 0.25) is 5.02 Å². The monoisotopic (exact) mass is 330 g/mol. The molecule has 116 valence electrons. The van der Waals surface area contributed by atoms with Crippen molar-refractivity contribution in [3.05, 3.63) is 29.3 Å². The zero-order chi connectivity index (χ0) is 14.1. The minimum atomic E-state index is 0. The van der Waals surface area contributed by atoms with Crippen molar-refractivity contribution < 1.29 is 9.53 Å². The van der Waals surface area contributed by atoms with Gasteiger partial charge in [-0.1, -0.05) is 11.6 Å². The Morgan fingerprint density at radius 1 is 1.29 bits per heavy atom. The molecule has 1 aliphatic carbocycles. The first-order valence-electron chi connectivity index (χ1n) is 7.05. The van der Waals surface area contributed by atoms with E-state index in [-0.39, 0.29) is 31.0 Å². The Kier molecular flexibility index (Phi) is 5.36. The van der Waals surface area contributed by atoms with Crippen LogP contribution in [0, 0.1) is 11.8 Å². The van der Waals surface area contributed by atoms with Crippen LogP contribution in [0.3, 0.4) is 0 Å². The number of rotatable bonds is 3. The van der Waals surface area contributed by atoms with Gasteiger partial charge in [0.25, 0.3) is 5.91 Å². The first kappa shape index (κ1) is 16.4. The Balaban J connectivity index is 0.00000161. The lowest BCUT2D eigenvalue weighted by Gasteiger charge is -2.19. The van der Waals surface area contributed by atoms with Gasteiger partial charge >= 0.3 is 0 Å². The molecular weight excluding hydrogens is 311 g/mol. The van der Waals surface area contributed by atoms with Gasteiger partial charge in [0.15, 0.2) is 6.61 Å². The van der Waals surface area contributed by atoms with Crippen LogP contribution >= 0.6 is 24.0 Å². The molecule has 0 spiro atoms. The van der Waals surface area contributed by atoms with Crippen molar-refractivity contribution in [3.63, 3.8) is 0 Å². The topological polar surface area (TPSA) is 55.6 Å². The molecule has 3 unspecified atom stereocenters. The lowest BCUT2D eigenvalue weighted by atomic mass is 9.98. The molecule has 3 atom stereocenters. The maximum absolute atomic E-state index is 12.2. The number of amides is 1. The quantitative estimate of drug-likeness (QED) is 0.925. The molecule has 1 saturated heterocycles. The fraction of sp³-hybridized carbons (Fsp3) is 0.533. The smallest absolute Gasteiger partial charge is 0.260 e. The highest BCUT2D eigenvalue weighted by molar-refractivity contribution is 6.30. The average molecular weight is 331 g/mol. The molecule has 2 aliphatic rings. The maximum Gasteiger partial charge on any atom is 0.260 e. The summed E-state index contributed by atoms with van der Waals surface area (Å²) >= 11 is 5.80. The third-order valence-corrected chi connectivity index (χ3v) is 4.69. The van der Waals surface area contributed by atoms with Gasteiger partial charge in [-0.15, -0.1) is 12.4 Å². The normalized spacial score (nSPS) is 27.1. The summed E-state index contributed by atoms with van der Waals surface area (Å²) in [6.45, 7) is 1.70. The number of carbonyl (C=O) groups is 1. The fourth-order valence-corrected chi connectivity index (χ4v) is 3.40. The zero-order valence-electron chi connectivity index (χ0n) is 11.7. The van der Waals surface area contributed by atoms with Gasteiger partial charge < -0.3 is 15.4 Å². The summed E-state index contributed by atoms with van der Waals surface area (Å²) in [5.74, 6) is 1.78. The first-order valence-corrected chi connectivity index (χ1v) is 7.43. The highest BCUT2D eigenvalue weighted by atomic mass is 35.5. The minimum Gasteiger partial charge on any atom is -0.484 e. The average Bonchev–Trinajstić information content (AvgIpc) is 3.01. The van der Waals surface area contributed by atoms with Crippen LogP contribution in [0.15, 0.2) is 24.3 Å². The largest absolute Gasteiger partial charge is 0.484 e. The molecule has 6 heteroatoms. The van der Waals surface area contributed by atoms with E-state index in [4.69, 9.17) is 22.1 Å². The van der Waals surface area contributed by atoms with Gasteiger partial charge in [-0.2, -0.15) is 0 Å². The number of ether oxygens (including phenoxy) is 1. The summed E-state index contributed by atoms with van der Waals surface area (Å²) < 4.78 is 5.50. The second-order valence-corrected chi connectivity index (χ2v) is 6.14. The number of benzene rings is 1. The number of nitrogens with two attached hydrogens (primary N) is 1. The molecule has 0 bridgehead atoms. The highest BCUT2D eigenvalue weighted by Crippen LogP contribution is 2.37. The predicted molar refractivity (Wildman–Crippen MR) is 85.0 cm³/mol. The van der Waals surface area contributed by atoms with E-state index in [1.807, 2.05) is 4.90 Å². The van der Waals surface area contributed by atoms with Crippen LogP contribution in [0.4, 0.5) is 0 Å². The zero-order valence-corrected chi connectivity index (χ0v) is 13.3. The predicted octanol–water partition coefficient (Wildman–Crippen LogP) is 2.34. The van der Waals surface area contributed by atoms with Crippen molar-refractivity contribution in [1.82, 2.24) is 4.90 Å². The number of likely N-dealkylation sites (tertiary alicyclic amines) is 1. The van der Waals surface area contributed by atoms with E-state index in [0.29, 0.717) is 22.6 Å². The number of halogens is 2. The molecule has 0 aromatic heterocycles. The molecule has 0 radical (unpaired) electrons. The van der Waals surface area contributed by atoms with Gasteiger partial charge in [0.1, 0.15) is 5.75 Å². The molecule has 4 nitrogen and oxygen atoms in total. The lowest BCUT2D eigenvalue weighted by Crippen LogP contribution is -2.36. The number of carbonyl (C=O) groups excluding carboxylic acids is 1. The Bertz CT molecular complexity index is 495. The summed E-state index contributed by atoms with van der Waals surface area (Å²) in [5, 5.41) is 0.657. The number of nitrogens with zero attached hydrogens (tertiary/aromatic N) is 1. The molecule has 21 heavy (non-hydrogen) atoms. The third-order valence-electron chi connectivity index (χ3n) is 4.44. The summed E-state index contributed by atoms with van der Waals surface area (Å²) in [7, 11) is 0. The molecule has 2 N–H and O–H groups in total. The van der Waals surface area contributed by atoms with Crippen molar-refractivity contribution >= 4 is 29.9 Å². The second kappa shape index (κ2) is 6.86. The van der Waals surface area contributed by atoms with Crippen molar-refractivity contribution in [2.75, 3.05) is 19.7 Å². The molecule has 1 heterocycles. The Hall–Kier alpha value is -0.970. The van der Waals surface area contributed by atoms with Crippen molar-refractivity contribution in [2.24, 2.45) is 17.6 Å². The van der Waals surface area contributed by atoms with E-state index in [2.05, 4.69) is 0 Å². The van der Waals surface area contributed by atoms with E-state index in [9.17, 15) is 4.79 Å². The van der Waals surface area contributed by atoms with E-state index >= 15 is 0 Å². The fourth-order valence-electron chi connectivity index (χ4n) is 3.28. The van der Waals surface area contributed by atoms with Crippen molar-refractivity contribution in [2.45, 2.75) is 18.9 Å². The summed E-state index contributed by atoms with van der Waals surface area (Å²) in [6.07, 6.45) is 2.24. The van der Waals surface area contributed by atoms with Gasteiger partial charge in [-0.05, 0) is 48.9 Å². The molecule has 3 rings (SSSR count). The highest BCUT2D eigenvalue weighted by Gasteiger charge is 2.42. The van der Waals surface area contributed by atoms with E-state index < -0.39 is 0 Å². The van der Waals surface area contributed by atoms with Gasteiger partial charge in [-0.3, -0.25) is 4.79 Å². The van der Waals surface area contributed by atoms with Gasteiger partial charge in [-0.25, -0.2) is 0 Å².